The van der Waals surface area contributed by atoms with Crippen molar-refractivity contribution in [1.82, 2.24) is 4.90 Å². The van der Waals surface area contributed by atoms with E-state index in [-0.39, 0.29) is 23.8 Å². The topological polar surface area (TPSA) is 69.6 Å². The number of aliphatic hydroxyl groups excluding tert-OH is 1. The van der Waals surface area contributed by atoms with Gasteiger partial charge in [-0.3, -0.25) is 9.59 Å². The van der Waals surface area contributed by atoms with Gasteiger partial charge in [-0.25, -0.2) is 0 Å². The molecule has 1 aliphatic heterocycles. The molecule has 2 aliphatic rings. The lowest BCUT2D eigenvalue weighted by molar-refractivity contribution is -0.130. The van der Waals surface area contributed by atoms with E-state index < -0.39 is 0 Å². The summed E-state index contributed by atoms with van der Waals surface area (Å²) in [6.45, 7) is 0.659. The molecule has 3 rings (SSSR count). The fourth-order valence-corrected chi connectivity index (χ4v) is 3.76. The van der Waals surface area contributed by atoms with Crippen LogP contribution in [0.5, 0.6) is 0 Å². The van der Waals surface area contributed by atoms with E-state index in [2.05, 4.69) is 11.4 Å². The zero-order valence-corrected chi connectivity index (χ0v) is 14.3. The zero-order valence-electron chi connectivity index (χ0n) is 14.3. The molecular weight excluding hydrogens is 304 g/mol. The SMILES string of the molecule is CN(CC1CCCC1O)C(=O)CCCc1ccc2c(c1)CC(=O)N2. The zero-order chi connectivity index (χ0) is 17.1. The van der Waals surface area contributed by atoms with Gasteiger partial charge in [0.1, 0.15) is 0 Å². The maximum absolute atomic E-state index is 12.2. The monoisotopic (exact) mass is 330 g/mol. The lowest BCUT2D eigenvalue weighted by Gasteiger charge is -2.23. The van der Waals surface area contributed by atoms with E-state index in [1.807, 2.05) is 19.2 Å². The standard InChI is InChI=1S/C19H26N2O3/c1-21(12-14-5-3-6-17(14)22)19(24)7-2-4-13-8-9-16-15(10-13)11-18(23)20-16/h8-10,14,17,22H,2-7,11-12H2,1H3,(H,20,23). The predicted octanol–water partition coefficient (Wildman–Crippen LogP) is 2.12. The third-order valence-corrected chi connectivity index (χ3v) is 5.20. The third-order valence-electron chi connectivity index (χ3n) is 5.20. The Bertz CT molecular complexity index is 629. The Balaban J connectivity index is 1.43. The number of fused-ring (bicyclic) bond motifs is 1. The number of nitrogens with zero attached hydrogens (tertiary/aromatic N) is 1. The van der Waals surface area contributed by atoms with Gasteiger partial charge in [-0.15, -0.1) is 0 Å². The van der Waals surface area contributed by atoms with Crippen molar-refractivity contribution in [1.29, 1.82) is 0 Å². The van der Waals surface area contributed by atoms with Gasteiger partial charge in [0, 0.05) is 31.6 Å². The first-order valence-corrected chi connectivity index (χ1v) is 8.86. The molecule has 0 aromatic heterocycles. The van der Waals surface area contributed by atoms with E-state index in [9.17, 15) is 14.7 Å². The first kappa shape index (κ1) is 17.0. The Morgan fingerprint density at radius 1 is 1.38 bits per heavy atom. The van der Waals surface area contributed by atoms with E-state index in [4.69, 9.17) is 0 Å². The number of carbonyl (C=O) groups is 2. The first-order valence-electron chi connectivity index (χ1n) is 8.86. The normalized spacial score (nSPS) is 22.3. The van der Waals surface area contributed by atoms with Crippen LogP contribution in [0.3, 0.4) is 0 Å². The number of hydrogen-bond donors (Lipinski definition) is 2. The van der Waals surface area contributed by atoms with Crippen molar-refractivity contribution in [2.45, 2.75) is 51.0 Å². The van der Waals surface area contributed by atoms with Crippen molar-refractivity contribution >= 4 is 17.5 Å². The van der Waals surface area contributed by atoms with Crippen LogP contribution in [0.25, 0.3) is 0 Å². The van der Waals surface area contributed by atoms with Crippen molar-refractivity contribution in [2.75, 3.05) is 18.9 Å². The molecule has 2 atom stereocenters. The highest BCUT2D eigenvalue weighted by Gasteiger charge is 2.27. The average molecular weight is 330 g/mol. The van der Waals surface area contributed by atoms with Crippen LogP contribution >= 0.6 is 0 Å². The Kier molecular flexibility index (Phi) is 5.19. The lowest BCUT2D eigenvalue weighted by Crippen LogP contribution is -2.34. The smallest absolute Gasteiger partial charge is 0.228 e. The van der Waals surface area contributed by atoms with Crippen LogP contribution in [0.15, 0.2) is 18.2 Å². The Hall–Kier alpha value is -1.88. The molecule has 5 heteroatoms. The molecular formula is C19H26N2O3. The van der Waals surface area contributed by atoms with Crippen molar-refractivity contribution in [3.05, 3.63) is 29.3 Å². The van der Waals surface area contributed by atoms with Gasteiger partial charge in [0.15, 0.2) is 0 Å². The highest BCUT2D eigenvalue weighted by atomic mass is 16.3. The molecule has 0 spiro atoms. The van der Waals surface area contributed by atoms with Crippen molar-refractivity contribution in [3.8, 4) is 0 Å². The molecule has 0 saturated heterocycles. The molecule has 1 aromatic carbocycles. The number of aryl methyl sites for hydroxylation is 1. The Labute approximate surface area is 143 Å². The largest absolute Gasteiger partial charge is 0.393 e. The molecule has 2 amide bonds. The second-order valence-corrected chi connectivity index (χ2v) is 7.10. The number of amides is 2. The van der Waals surface area contributed by atoms with Crippen molar-refractivity contribution in [2.24, 2.45) is 5.92 Å². The minimum absolute atomic E-state index is 0.0491. The molecule has 1 fully saturated rings. The summed E-state index contributed by atoms with van der Waals surface area (Å²) in [4.78, 5) is 25.4. The molecule has 5 nitrogen and oxygen atoms in total. The summed E-state index contributed by atoms with van der Waals surface area (Å²) >= 11 is 0. The molecule has 1 aliphatic carbocycles. The number of anilines is 1. The number of rotatable bonds is 6. The molecule has 2 unspecified atom stereocenters. The molecule has 1 saturated carbocycles. The van der Waals surface area contributed by atoms with Crippen LogP contribution in [0.2, 0.25) is 0 Å². The van der Waals surface area contributed by atoms with Crippen LogP contribution in [0, 0.1) is 5.92 Å². The number of benzene rings is 1. The van der Waals surface area contributed by atoms with Gasteiger partial charge < -0.3 is 15.3 Å². The second kappa shape index (κ2) is 7.34. The minimum atomic E-state index is -0.247. The lowest BCUT2D eigenvalue weighted by atomic mass is 10.0. The van der Waals surface area contributed by atoms with Crippen LogP contribution in [0.1, 0.15) is 43.2 Å². The van der Waals surface area contributed by atoms with E-state index in [1.165, 1.54) is 5.56 Å². The number of carbonyl (C=O) groups excluding carboxylic acids is 2. The van der Waals surface area contributed by atoms with Crippen LogP contribution in [0.4, 0.5) is 5.69 Å². The fourth-order valence-electron chi connectivity index (χ4n) is 3.76. The van der Waals surface area contributed by atoms with Gasteiger partial charge in [-0.05, 0) is 42.9 Å². The summed E-state index contributed by atoms with van der Waals surface area (Å²) in [5, 5.41) is 12.7. The minimum Gasteiger partial charge on any atom is -0.393 e. The maximum atomic E-state index is 12.2. The molecule has 0 bridgehead atoms. The summed E-state index contributed by atoms with van der Waals surface area (Å²) in [7, 11) is 1.83. The summed E-state index contributed by atoms with van der Waals surface area (Å²) in [6.07, 6.45) is 5.31. The maximum Gasteiger partial charge on any atom is 0.228 e. The predicted molar refractivity (Wildman–Crippen MR) is 92.7 cm³/mol. The molecule has 0 radical (unpaired) electrons. The van der Waals surface area contributed by atoms with Crippen molar-refractivity contribution < 1.29 is 14.7 Å². The summed E-state index contributed by atoms with van der Waals surface area (Å²) in [5.74, 6) is 0.431. The first-order chi connectivity index (χ1) is 11.5. The molecule has 1 aromatic rings. The van der Waals surface area contributed by atoms with Crippen molar-refractivity contribution in [3.63, 3.8) is 0 Å². The van der Waals surface area contributed by atoms with E-state index >= 15 is 0 Å². The molecule has 130 valence electrons. The van der Waals surface area contributed by atoms with E-state index in [0.29, 0.717) is 19.4 Å². The summed E-state index contributed by atoms with van der Waals surface area (Å²) < 4.78 is 0. The van der Waals surface area contributed by atoms with Crippen LogP contribution in [-0.2, 0) is 22.4 Å². The summed E-state index contributed by atoms with van der Waals surface area (Å²) in [6, 6.07) is 6.04. The highest BCUT2D eigenvalue weighted by molar-refractivity contribution is 5.99. The van der Waals surface area contributed by atoms with Gasteiger partial charge in [0.25, 0.3) is 0 Å². The number of nitrogens with one attached hydrogen (secondary N) is 1. The Morgan fingerprint density at radius 2 is 2.21 bits per heavy atom. The van der Waals surface area contributed by atoms with Gasteiger partial charge in [-0.1, -0.05) is 18.6 Å². The average Bonchev–Trinajstić information content (AvgIpc) is 3.11. The number of hydrogen-bond acceptors (Lipinski definition) is 3. The fraction of sp³-hybridized carbons (Fsp3) is 0.579. The van der Waals surface area contributed by atoms with Crippen LogP contribution in [-0.4, -0.2) is 41.5 Å². The Morgan fingerprint density at radius 3 is 2.96 bits per heavy atom. The molecule has 1 heterocycles. The third kappa shape index (κ3) is 3.96. The van der Waals surface area contributed by atoms with E-state index in [1.54, 1.807) is 4.90 Å². The number of aliphatic hydroxyl groups is 1. The van der Waals surface area contributed by atoms with Gasteiger partial charge in [0.05, 0.1) is 12.5 Å². The van der Waals surface area contributed by atoms with E-state index in [0.717, 1.165) is 43.4 Å². The van der Waals surface area contributed by atoms with Gasteiger partial charge >= 0.3 is 0 Å². The summed E-state index contributed by atoms with van der Waals surface area (Å²) in [5.41, 5.74) is 3.14. The second-order valence-electron chi connectivity index (χ2n) is 7.10. The van der Waals surface area contributed by atoms with Gasteiger partial charge in [0.2, 0.25) is 11.8 Å². The molecule has 2 N–H and O–H groups in total. The quantitative estimate of drug-likeness (QED) is 0.839. The van der Waals surface area contributed by atoms with Crippen LogP contribution < -0.4 is 5.32 Å². The highest BCUT2D eigenvalue weighted by Crippen LogP contribution is 2.26. The van der Waals surface area contributed by atoms with Gasteiger partial charge in [-0.2, -0.15) is 0 Å². The molecule has 24 heavy (non-hydrogen) atoms.